The van der Waals surface area contributed by atoms with Gasteiger partial charge in [-0.15, -0.1) is 0 Å². The van der Waals surface area contributed by atoms with Crippen LogP contribution < -0.4 is 15.4 Å². The summed E-state index contributed by atoms with van der Waals surface area (Å²) in [6.07, 6.45) is 4.14. The maximum absolute atomic E-state index is 11.8. The first-order chi connectivity index (χ1) is 13.4. The normalized spacial score (nSPS) is 11.0. The highest BCUT2D eigenvalue weighted by molar-refractivity contribution is 5.93. The number of hydrogen-bond donors (Lipinski definition) is 2. The number of benzene rings is 1. The lowest BCUT2D eigenvalue weighted by Crippen LogP contribution is -2.34. The van der Waals surface area contributed by atoms with Gasteiger partial charge in [-0.3, -0.25) is 14.6 Å². The molecule has 2 rings (SSSR count). The van der Waals surface area contributed by atoms with E-state index < -0.39 is 0 Å². The van der Waals surface area contributed by atoms with E-state index >= 15 is 0 Å². The Labute approximate surface area is 166 Å². The number of amides is 2. The van der Waals surface area contributed by atoms with Crippen LogP contribution in [0.15, 0.2) is 48.8 Å². The first-order valence-electron chi connectivity index (χ1n) is 9.54. The third kappa shape index (κ3) is 7.39. The summed E-state index contributed by atoms with van der Waals surface area (Å²) < 4.78 is 5.69. The van der Waals surface area contributed by atoms with Crippen molar-refractivity contribution in [2.45, 2.75) is 39.0 Å². The second-order valence-electron chi connectivity index (χ2n) is 7.57. The molecule has 2 aromatic rings. The molecule has 2 amide bonds. The Morgan fingerprint density at radius 2 is 1.75 bits per heavy atom. The van der Waals surface area contributed by atoms with E-state index in [2.05, 4.69) is 48.5 Å². The van der Waals surface area contributed by atoms with Crippen molar-refractivity contribution in [3.05, 3.63) is 59.9 Å². The smallest absolute Gasteiger partial charge is 0.252 e. The van der Waals surface area contributed by atoms with Crippen LogP contribution >= 0.6 is 0 Å². The van der Waals surface area contributed by atoms with Gasteiger partial charge in [0.05, 0.1) is 12.2 Å². The summed E-state index contributed by atoms with van der Waals surface area (Å²) in [5.74, 6) is 0.557. The Bertz CT molecular complexity index is 753. The van der Waals surface area contributed by atoms with Crippen molar-refractivity contribution < 1.29 is 14.3 Å². The van der Waals surface area contributed by atoms with Crippen LogP contribution in [0.1, 0.15) is 49.5 Å². The number of aromatic nitrogens is 1. The SMILES string of the molecule is CC(C)(C)c1ccc(OCCCC(=O)NCCNC(=O)c2cccnc2)cc1. The lowest BCUT2D eigenvalue weighted by atomic mass is 9.87. The number of carbonyl (C=O) groups excluding carboxylic acids is 2. The Morgan fingerprint density at radius 1 is 1.04 bits per heavy atom. The van der Waals surface area contributed by atoms with Gasteiger partial charge in [0.2, 0.25) is 5.91 Å². The molecular weight excluding hydrogens is 354 g/mol. The van der Waals surface area contributed by atoms with Gasteiger partial charge in [-0.1, -0.05) is 32.9 Å². The average Bonchev–Trinajstić information content (AvgIpc) is 2.69. The number of rotatable bonds is 9. The second kappa shape index (κ2) is 10.4. The van der Waals surface area contributed by atoms with Crippen molar-refractivity contribution in [3.63, 3.8) is 0 Å². The zero-order chi connectivity index (χ0) is 20.4. The highest BCUT2D eigenvalue weighted by atomic mass is 16.5. The van der Waals surface area contributed by atoms with Crippen LogP contribution in [0.5, 0.6) is 5.75 Å². The van der Waals surface area contributed by atoms with Gasteiger partial charge in [0.1, 0.15) is 5.75 Å². The predicted molar refractivity (Wildman–Crippen MR) is 109 cm³/mol. The summed E-state index contributed by atoms with van der Waals surface area (Å²) in [7, 11) is 0. The van der Waals surface area contributed by atoms with Crippen LogP contribution in [-0.4, -0.2) is 36.5 Å². The first-order valence-corrected chi connectivity index (χ1v) is 9.54. The molecule has 0 atom stereocenters. The fourth-order valence-electron chi connectivity index (χ4n) is 2.54. The number of ether oxygens (including phenoxy) is 1. The van der Waals surface area contributed by atoms with Crippen molar-refractivity contribution in [2.75, 3.05) is 19.7 Å². The quantitative estimate of drug-likeness (QED) is 0.652. The van der Waals surface area contributed by atoms with Crippen molar-refractivity contribution in [1.29, 1.82) is 0 Å². The summed E-state index contributed by atoms with van der Waals surface area (Å²) in [4.78, 5) is 27.6. The van der Waals surface area contributed by atoms with E-state index in [1.807, 2.05) is 12.1 Å². The lowest BCUT2D eigenvalue weighted by Gasteiger charge is -2.19. The van der Waals surface area contributed by atoms with E-state index in [4.69, 9.17) is 4.74 Å². The van der Waals surface area contributed by atoms with Crippen LogP contribution in [0.25, 0.3) is 0 Å². The molecule has 2 N–H and O–H groups in total. The minimum Gasteiger partial charge on any atom is -0.494 e. The largest absolute Gasteiger partial charge is 0.494 e. The Hall–Kier alpha value is -2.89. The second-order valence-corrected chi connectivity index (χ2v) is 7.57. The highest BCUT2D eigenvalue weighted by Gasteiger charge is 2.13. The summed E-state index contributed by atoms with van der Waals surface area (Å²) in [5.41, 5.74) is 1.88. The van der Waals surface area contributed by atoms with Crippen LogP contribution in [0, 0.1) is 0 Å². The molecule has 0 saturated carbocycles. The van der Waals surface area contributed by atoms with Crippen molar-refractivity contribution in [1.82, 2.24) is 15.6 Å². The van der Waals surface area contributed by atoms with Crippen molar-refractivity contribution >= 4 is 11.8 Å². The lowest BCUT2D eigenvalue weighted by molar-refractivity contribution is -0.121. The summed E-state index contributed by atoms with van der Waals surface area (Å²) >= 11 is 0. The van der Waals surface area contributed by atoms with Gasteiger partial charge in [-0.2, -0.15) is 0 Å². The first kappa shape index (κ1) is 21.4. The Morgan fingerprint density at radius 3 is 2.39 bits per heavy atom. The van der Waals surface area contributed by atoms with E-state index in [-0.39, 0.29) is 17.2 Å². The summed E-state index contributed by atoms with van der Waals surface area (Å²) in [6.45, 7) is 7.76. The summed E-state index contributed by atoms with van der Waals surface area (Å²) in [6, 6.07) is 11.5. The molecule has 1 aromatic carbocycles. The molecule has 1 aromatic heterocycles. The van der Waals surface area contributed by atoms with Crippen LogP contribution in [0.3, 0.4) is 0 Å². The van der Waals surface area contributed by atoms with E-state index in [0.29, 0.717) is 38.1 Å². The number of nitrogens with one attached hydrogen (secondary N) is 2. The van der Waals surface area contributed by atoms with E-state index in [1.165, 1.54) is 11.8 Å². The van der Waals surface area contributed by atoms with E-state index in [0.717, 1.165) is 5.75 Å². The number of nitrogens with zero attached hydrogens (tertiary/aromatic N) is 1. The standard InChI is InChI=1S/C22H29N3O3/c1-22(2,3)18-8-10-19(11-9-18)28-15-5-7-20(26)24-13-14-25-21(27)17-6-4-12-23-16-17/h4,6,8-12,16H,5,7,13-15H2,1-3H3,(H,24,26)(H,25,27). The maximum Gasteiger partial charge on any atom is 0.252 e. The molecule has 0 aliphatic rings. The maximum atomic E-state index is 11.8. The molecule has 0 aliphatic heterocycles. The molecule has 1 heterocycles. The minimum atomic E-state index is -0.201. The molecule has 0 saturated heterocycles. The third-order valence-electron chi connectivity index (χ3n) is 4.19. The van der Waals surface area contributed by atoms with Crippen LogP contribution in [0.4, 0.5) is 0 Å². The molecular formula is C22H29N3O3. The van der Waals surface area contributed by atoms with E-state index in [9.17, 15) is 9.59 Å². The monoisotopic (exact) mass is 383 g/mol. The Kier molecular flexibility index (Phi) is 7.99. The zero-order valence-corrected chi connectivity index (χ0v) is 16.8. The molecule has 0 bridgehead atoms. The molecule has 0 radical (unpaired) electrons. The topological polar surface area (TPSA) is 80.3 Å². The van der Waals surface area contributed by atoms with Gasteiger partial charge in [0, 0.05) is 31.9 Å². The van der Waals surface area contributed by atoms with Crippen LogP contribution in [-0.2, 0) is 10.2 Å². The van der Waals surface area contributed by atoms with Gasteiger partial charge in [0.15, 0.2) is 0 Å². The predicted octanol–water partition coefficient (Wildman–Crippen LogP) is 3.08. The van der Waals surface area contributed by atoms with Gasteiger partial charge in [-0.05, 0) is 41.7 Å². The van der Waals surface area contributed by atoms with Gasteiger partial charge in [-0.25, -0.2) is 0 Å². The number of hydrogen-bond acceptors (Lipinski definition) is 4. The van der Waals surface area contributed by atoms with E-state index in [1.54, 1.807) is 18.3 Å². The van der Waals surface area contributed by atoms with Gasteiger partial charge >= 0.3 is 0 Å². The molecule has 28 heavy (non-hydrogen) atoms. The fourth-order valence-corrected chi connectivity index (χ4v) is 2.54. The van der Waals surface area contributed by atoms with Gasteiger partial charge in [0.25, 0.3) is 5.91 Å². The fraction of sp³-hybridized carbons (Fsp3) is 0.409. The molecule has 0 spiro atoms. The summed E-state index contributed by atoms with van der Waals surface area (Å²) in [5, 5.41) is 5.53. The Balaban J connectivity index is 1.56. The third-order valence-corrected chi connectivity index (χ3v) is 4.19. The zero-order valence-electron chi connectivity index (χ0n) is 16.8. The molecule has 150 valence electrons. The average molecular weight is 383 g/mol. The highest BCUT2D eigenvalue weighted by Crippen LogP contribution is 2.24. The molecule has 6 nitrogen and oxygen atoms in total. The van der Waals surface area contributed by atoms with Crippen molar-refractivity contribution in [2.24, 2.45) is 0 Å². The van der Waals surface area contributed by atoms with Crippen molar-refractivity contribution in [3.8, 4) is 5.75 Å². The number of carbonyl (C=O) groups is 2. The molecule has 0 aliphatic carbocycles. The van der Waals surface area contributed by atoms with Gasteiger partial charge < -0.3 is 15.4 Å². The molecule has 0 unspecified atom stereocenters. The molecule has 0 fully saturated rings. The van der Waals surface area contributed by atoms with Crippen LogP contribution in [0.2, 0.25) is 0 Å². The minimum absolute atomic E-state index is 0.0534. The molecule has 6 heteroatoms. The number of pyridine rings is 1.